The molecule has 2 amide bonds. The van der Waals surface area contributed by atoms with Crippen LogP contribution in [0.4, 0.5) is 16.2 Å². The average Bonchev–Trinajstić information content (AvgIpc) is 2.90. The number of amides is 2. The second kappa shape index (κ2) is 11.2. The van der Waals surface area contributed by atoms with Gasteiger partial charge in [-0.05, 0) is 60.7 Å². The number of methoxy groups -OCH3 is 1. The monoisotopic (exact) mass is 554 g/mol. The van der Waals surface area contributed by atoms with Crippen LogP contribution in [0.5, 0.6) is 17.2 Å². The van der Waals surface area contributed by atoms with Gasteiger partial charge in [0.2, 0.25) is 0 Å². The predicted molar refractivity (Wildman–Crippen MR) is 141 cm³/mol. The molecule has 2 N–H and O–H groups in total. The van der Waals surface area contributed by atoms with E-state index in [2.05, 4.69) is 10.6 Å². The normalized spacial score (nSPS) is 11.3. The van der Waals surface area contributed by atoms with Crippen LogP contribution in [0.25, 0.3) is 0 Å². The maximum atomic E-state index is 12.6. The lowest BCUT2D eigenvalue weighted by atomic mass is 10.3. The lowest BCUT2D eigenvalue weighted by Crippen LogP contribution is -2.20. The topological polar surface area (TPSA) is 137 Å². The summed E-state index contributed by atoms with van der Waals surface area (Å²) in [5.74, 6) is 0.372. The molecule has 0 unspecified atom stereocenters. The minimum absolute atomic E-state index is 0.0312. The van der Waals surface area contributed by atoms with E-state index >= 15 is 0 Å². The average molecular weight is 555 g/mol. The van der Waals surface area contributed by atoms with E-state index in [1.165, 1.54) is 79.9 Å². The highest BCUT2D eigenvalue weighted by atomic mass is 32.2. The van der Waals surface area contributed by atoms with Gasteiger partial charge in [0.1, 0.15) is 21.3 Å². The zero-order valence-corrected chi connectivity index (χ0v) is 21.5. The molecule has 0 saturated carbocycles. The molecule has 0 bridgehead atoms. The summed E-state index contributed by atoms with van der Waals surface area (Å²) in [6.45, 7) is 0. The third-order valence-corrected chi connectivity index (χ3v) is 7.52. The van der Waals surface area contributed by atoms with Crippen LogP contribution in [-0.4, -0.2) is 30.0 Å². The van der Waals surface area contributed by atoms with Crippen molar-refractivity contribution in [2.45, 2.75) is 9.79 Å². The second-order valence-corrected chi connectivity index (χ2v) is 10.8. The zero-order valence-electron chi connectivity index (χ0n) is 19.9. The van der Waals surface area contributed by atoms with Crippen molar-refractivity contribution >= 4 is 37.6 Å². The maximum Gasteiger partial charge on any atom is 0.339 e. The summed E-state index contributed by atoms with van der Waals surface area (Å²) >= 11 is 0. The van der Waals surface area contributed by atoms with Gasteiger partial charge in [-0.3, -0.25) is 0 Å². The number of benzene rings is 4. The van der Waals surface area contributed by atoms with Crippen molar-refractivity contribution in [1.29, 1.82) is 0 Å². The fourth-order valence-corrected chi connectivity index (χ4v) is 5.11. The minimum Gasteiger partial charge on any atom is -0.497 e. The quantitative estimate of drug-likeness (QED) is 0.280. The van der Waals surface area contributed by atoms with Gasteiger partial charge >= 0.3 is 26.3 Å². The Kier molecular flexibility index (Phi) is 7.84. The molecule has 0 aliphatic heterocycles. The Morgan fingerprint density at radius 2 is 1.26 bits per heavy atom. The van der Waals surface area contributed by atoms with Crippen molar-refractivity contribution in [2.24, 2.45) is 0 Å². The number of para-hydroxylation sites is 2. The van der Waals surface area contributed by atoms with Crippen LogP contribution in [0.2, 0.25) is 0 Å². The fraction of sp³-hybridized carbons (Fsp3) is 0.0385. The van der Waals surface area contributed by atoms with Gasteiger partial charge in [0.25, 0.3) is 0 Å². The molecule has 10 nitrogen and oxygen atoms in total. The number of rotatable bonds is 9. The molecule has 0 aromatic heterocycles. The zero-order chi connectivity index (χ0) is 27.2. The molecule has 4 rings (SSSR count). The van der Waals surface area contributed by atoms with Crippen molar-refractivity contribution in [1.82, 2.24) is 0 Å². The molecule has 0 spiro atoms. The number of carbonyl (C=O) groups is 1. The molecule has 0 fully saturated rings. The number of hydrogen-bond donors (Lipinski definition) is 2. The van der Waals surface area contributed by atoms with E-state index in [1.54, 1.807) is 30.3 Å². The Morgan fingerprint density at radius 1 is 0.632 bits per heavy atom. The molecule has 196 valence electrons. The number of ether oxygens (including phenoxy) is 1. The molecule has 0 aliphatic rings. The van der Waals surface area contributed by atoms with Crippen LogP contribution >= 0.6 is 0 Å². The number of carbonyl (C=O) groups excluding carboxylic acids is 1. The molecule has 0 saturated heterocycles. The first kappa shape index (κ1) is 26.5. The third kappa shape index (κ3) is 6.60. The lowest BCUT2D eigenvalue weighted by molar-refractivity contribution is 0.262. The number of hydrogen-bond acceptors (Lipinski definition) is 8. The number of nitrogens with one attached hydrogen (secondary N) is 2. The van der Waals surface area contributed by atoms with Gasteiger partial charge in [0.15, 0.2) is 5.75 Å². The summed E-state index contributed by atoms with van der Waals surface area (Å²) in [5, 5.41) is 5.07. The Labute approximate surface area is 220 Å². The van der Waals surface area contributed by atoms with Crippen LogP contribution in [0.1, 0.15) is 0 Å². The lowest BCUT2D eigenvalue weighted by Gasteiger charge is -2.13. The van der Waals surface area contributed by atoms with E-state index in [1.807, 2.05) is 0 Å². The van der Waals surface area contributed by atoms with Gasteiger partial charge < -0.3 is 23.7 Å². The molecule has 4 aromatic carbocycles. The summed E-state index contributed by atoms with van der Waals surface area (Å²) < 4.78 is 65.9. The minimum atomic E-state index is -4.14. The molecular weight excluding hydrogens is 532 g/mol. The van der Waals surface area contributed by atoms with Crippen LogP contribution in [0, 0.1) is 0 Å². The summed E-state index contributed by atoms with van der Waals surface area (Å²) in [7, 11) is -6.80. The standard InChI is InChI=1S/C26H22N2O8S2/c1-34-20-14-16-23(17-15-20)37(30,31)35-21-9-7-8-19(18-21)27-26(29)28-24-12-5-6-13-25(24)36-38(32,33)22-10-3-2-4-11-22/h2-18H,1H3,(H2,27,28,29). The van der Waals surface area contributed by atoms with Crippen LogP contribution in [-0.2, 0) is 20.2 Å². The summed E-state index contributed by atoms with van der Waals surface area (Å²) in [4.78, 5) is 12.5. The Morgan fingerprint density at radius 3 is 1.97 bits per heavy atom. The van der Waals surface area contributed by atoms with Crippen molar-refractivity contribution in [3.63, 3.8) is 0 Å². The Balaban J connectivity index is 1.45. The van der Waals surface area contributed by atoms with E-state index < -0.39 is 26.3 Å². The highest BCUT2D eigenvalue weighted by Crippen LogP contribution is 2.28. The maximum absolute atomic E-state index is 12.6. The smallest absolute Gasteiger partial charge is 0.339 e. The van der Waals surface area contributed by atoms with E-state index in [9.17, 15) is 21.6 Å². The van der Waals surface area contributed by atoms with Gasteiger partial charge in [0, 0.05) is 11.8 Å². The highest BCUT2D eigenvalue weighted by molar-refractivity contribution is 7.87. The first-order valence-electron chi connectivity index (χ1n) is 11.0. The van der Waals surface area contributed by atoms with Crippen molar-refractivity contribution < 1.29 is 34.7 Å². The van der Waals surface area contributed by atoms with Crippen molar-refractivity contribution in [3.05, 3.63) is 103 Å². The van der Waals surface area contributed by atoms with Gasteiger partial charge in [0.05, 0.1) is 12.8 Å². The molecule has 4 aromatic rings. The SMILES string of the molecule is COc1ccc(S(=O)(=O)Oc2cccc(NC(=O)Nc3ccccc3OS(=O)(=O)c3ccccc3)c2)cc1. The van der Waals surface area contributed by atoms with E-state index in [4.69, 9.17) is 13.1 Å². The first-order valence-corrected chi connectivity index (χ1v) is 13.8. The molecule has 38 heavy (non-hydrogen) atoms. The molecule has 0 radical (unpaired) electrons. The third-order valence-electron chi connectivity index (χ3n) is 5.01. The van der Waals surface area contributed by atoms with Crippen molar-refractivity contribution in [3.8, 4) is 17.2 Å². The molecule has 0 heterocycles. The van der Waals surface area contributed by atoms with E-state index in [0.717, 1.165) is 0 Å². The number of anilines is 2. The fourth-order valence-electron chi connectivity index (χ4n) is 3.22. The summed E-state index contributed by atoms with van der Waals surface area (Å²) in [6.07, 6.45) is 0. The van der Waals surface area contributed by atoms with Crippen LogP contribution < -0.4 is 23.7 Å². The Hall–Kier alpha value is -4.55. The van der Waals surface area contributed by atoms with Crippen molar-refractivity contribution in [2.75, 3.05) is 17.7 Å². The van der Waals surface area contributed by atoms with E-state index in [0.29, 0.717) is 5.75 Å². The summed E-state index contributed by atoms with van der Waals surface area (Å²) in [6, 6.07) is 24.3. The number of urea groups is 1. The Bertz CT molecular complexity index is 1640. The van der Waals surface area contributed by atoms with Gasteiger partial charge in [-0.2, -0.15) is 16.8 Å². The molecule has 0 aliphatic carbocycles. The highest BCUT2D eigenvalue weighted by Gasteiger charge is 2.20. The van der Waals surface area contributed by atoms with Crippen LogP contribution in [0.15, 0.2) is 113 Å². The van der Waals surface area contributed by atoms with E-state index in [-0.39, 0.29) is 32.7 Å². The largest absolute Gasteiger partial charge is 0.497 e. The first-order chi connectivity index (χ1) is 18.2. The summed E-state index contributed by atoms with van der Waals surface area (Å²) in [5.41, 5.74) is 0.319. The second-order valence-electron chi connectivity index (χ2n) is 7.67. The van der Waals surface area contributed by atoms with Gasteiger partial charge in [-0.15, -0.1) is 0 Å². The predicted octanol–water partition coefficient (Wildman–Crippen LogP) is 4.87. The van der Waals surface area contributed by atoms with Gasteiger partial charge in [-0.25, -0.2) is 4.79 Å². The molecular formula is C26H22N2O8S2. The molecule has 0 atom stereocenters. The molecule has 12 heteroatoms. The van der Waals surface area contributed by atoms with Crippen LogP contribution in [0.3, 0.4) is 0 Å². The van der Waals surface area contributed by atoms with Gasteiger partial charge in [-0.1, -0.05) is 36.4 Å².